The average Bonchev–Trinajstić information content (AvgIpc) is 2.42. The molecule has 2 N–H and O–H groups in total. The molecule has 1 fully saturated rings. The monoisotopic (exact) mass is 318 g/mol. The van der Waals surface area contributed by atoms with Gasteiger partial charge in [0.1, 0.15) is 5.75 Å². The summed E-state index contributed by atoms with van der Waals surface area (Å²) in [5.74, 6) is 0.777. The van der Waals surface area contributed by atoms with E-state index >= 15 is 0 Å². The number of hydrogen-bond acceptors (Lipinski definition) is 3. The molecule has 1 aliphatic heterocycles. The molecule has 1 aromatic carbocycles. The molecule has 1 saturated heterocycles. The highest BCUT2D eigenvalue weighted by Crippen LogP contribution is 2.15. The summed E-state index contributed by atoms with van der Waals surface area (Å²) in [5, 5.41) is 6.96. The smallest absolute Gasteiger partial charge is 0.223 e. The molecule has 2 rings (SSSR count). The topological polar surface area (TPSA) is 50.4 Å². The molecule has 1 heterocycles. The van der Waals surface area contributed by atoms with E-state index in [1.165, 1.54) is 0 Å². The number of rotatable bonds is 5. The van der Waals surface area contributed by atoms with Gasteiger partial charge >= 0.3 is 0 Å². The largest absolute Gasteiger partial charge is 0.493 e. The second-order valence-corrected chi connectivity index (χ2v) is 5.10. The van der Waals surface area contributed by atoms with Crippen LogP contribution in [0, 0.1) is 0 Å². The summed E-state index contributed by atoms with van der Waals surface area (Å²) in [6.45, 7) is 2.30. The van der Waals surface area contributed by atoms with Crippen LogP contribution in [0.5, 0.6) is 5.75 Å². The van der Waals surface area contributed by atoms with Crippen LogP contribution in [0.4, 0.5) is 0 Å². The molecular formula is C14H20Cl2N2O2. The summed E-state index contributed by atoms with van der Waals surface area (Å²) >= 11 is 5.78. The van der Waals surface area contributed by atoms with E-state index in [0.717, 1.165) is 31.7 Å². The number of benzene rings is 1. The Hall–Kier alpha value is -0.970. The Morgan fingerprint density at radius 3 is 2.80 bits per heavy atom. The Morgan fingerprint density at radius 1 is 1.40 bits per heavy atom. The maximum absolute atomic E-state index is 11.7. The summed E-state index contributed by atoms with van der Waals surface area (Å²) in [7, 11) is 0. The average molecular weight is 319 g/mol. The highest BCUT2D eigenvalue weighted by atomic mass is 35.5. The third kappa shape index (κ3) is 5.99. The summed E-state index contributed by atoms with van der Waals surface area (Å²) in [4.78, 5) is 11.7. The van der Waals surface area contributed by atoms with Crippen LogP contribution in [0.3, 0.4) is 0 Å². The molecule has 0 spiro atoms. The summed E-state index contributed by atoms with van der Waals surface area (Å²) in [6.07, 6.45) is 2.54. The van der Waals surface area contributed by atoms with E-state index in [1.54, 1.807) is 24.3 Å². The highest BCUT2D eigenvalue weighted by Gasteiger charge is 2.14. The lowest BCUT2D eigenvalue weighted by molar-refractivity contribution is -0.122. The van der Waals surface area contributed by atoms with E-state index in [2.05, 4.69) is 10.6 Å². The first-order valence-electron chi connectivity index (χ1n) is 6.62. The first kappa shape index (κ1) is 17.1. The molecule has 0 aromatic heterocycles. The van der Waals surface area contributed by atoms with Gasteiger partial charge in [0.05, 0.1) is 13.0 Å². The first-order valence-corrected chi connectivity index (χ1v) is 7.00. The van der Waals surface area contributed by atoms with Crippen LogP contribution >= 0.6 is 24.0 Å². The second kappa shape index (κ2) is 9.06. The lowest BCUT2D eigenvalue weighted by Crippen LogP contribution is -2.45. The Morgan fingerprint density at radius 2 is 2.15 bits per heavy atom. The predicted molar refractivity (Wildman–Crippen MR) is 82.8 cm³/mol. The van der Waals surface area contributed by atoms with Crippen LogP contribution in [0.1, 0.15) is 19.3 Å². The van der Waals surface area contributed by atoms with Crippen molar-refractivity contribution in [3.05, 3.63) is 29.3 Å². The Labute approximate surface area is 130 Å². The molecule has 1 unspecified atom stereocenters. The van der Waals surface area contributed by atoms with Gasteiger partial charge in [-0.1, -0.05) is 11.6 Å². The first-order chi connectivity index (χ1) is 9.24. The van der Waals surface area contributed by atoms with E-state index in [4.69, 9.17) is 16.3 Å². The van der Waals surface area contributed by atoms with Crippen molar-refractivity contribution in [3.63, 3.8) is 0 Å². The Kier molecular flexibility index (Phi) is 7.73. The van der Waals surface area contributed by atoms with Crippen molar-refractivity contribution in [1.29, 1.82) is 0 Å². The fourth-order valence-corrected chi connectivity index (χ4v) is 2.19. The van der Waals surface area contributed by atoms with Crippen molar-refractivity contribution in [1.82, 2.24) is 10.6 Å². The van der Waals surface area contributed by atoms with Gasteiger partial charge < -0.3 is 15.4 Å². The highest BCUT2D eigenvalue weighted by molar-refractivity contribution is 6.30. The number of hydrogen-bond donors (Lipinski definition) is 2. The van der Waals surface area contributed by atoms with E-state index in [9.17, 15) is 4.79 Å². The van der Waals surface area contributed by atoms with Crippen LogP contribution in [0.25, 0.3) is 0 Å². The quantitative estimate of drug-likeness (QED) is 0.876. The van der Waals surface area contributed by atoms with Gasteiger partial charge in [-0.15, -0.1) is 12.4 Å². The number of piperidine rings is 1. The number of carbonyl (C=O) groups is 1. The molecule has 1 amide bonds. The van der Waals surface area contributed by atoms with Crippen LogP contribution < -0.4 is 15.4 Å². The standard InChI is InChI=1S/C14H19ClN2O2.ClH/c15-11-3-5-13(6-4-11)19-9-7-14(18)17-12-2-1-8-16-10-12;/h3-6,12,16H,1-2,7-10H2,(H,17,18);1H. The van der Waals surface area contributed by atoms with Gasteiger partial charge in [0, 0.05) is 17.6 Å². The molecule has 1 aromatic rings. The molecule has 0 bridgehead atoms. The Bertz CT molecular complexity index is 406. The maximum atomic E-state index is 11.7. The number of nitrogens with one attached hydrogen (secondary N) is 2. The van der Waals surface area contributed by atoms with Gasteiger partial charge in [0.25, 0.3) is 0 Å². The van der Waals surface area contributed by atoms with E-state index in [-0.39, 0.29) is 24.4 Å². The fraction of sp³-hybridized carbons (Fsp3) is 0.500. The third-order valence-corrected chi connectivity index (χ3v) is 3.33. The molecule has 4 nitrogen and oxygen atoms in total. The van der Waals surface area contributed by atoms with Crippen LogP contribution in [0.15, 0.2) is 24.3 Å². The van der Waals surface area contributed by atoms with Crippen molar-refractivity contribution < 1.29 is 9.53 Å². The van der Waals surface area contributed by atoms with Crippen molar-refractivity contribution in [2.45, 2.75) is 25.3 Å². The van der Waals surface area contributed by atoms with E-state index in [1.807, 2.05) is 0 Å². The fourth-order valence-electron chi connectivity index (χ4n) is 2.07. The van der Waals surface area contributed by atoms with E-state index < -0.39 is 0 Å². The minimum atomic E-state index is 0. The van der Waals surface area contributed by atoms with Crippen LogP contribution in [-0.2, 0) is 4.79 Å². The number of amides is 1. The van der Waals surface area contributed by atoms with Gasteiger partial charge in [-0.3, -0.25) is 4.79 Å². The zero-order chi connectivity index (χ0) is 13.5. The zero-order valence-corrected chi connectivity index (χ0v) is 12.8. The lowest BCUT2D eigenvalue weighted by Gasteiger charge is -2.23. The maximum Gasteiger partial charge on any atom is 0.223 e. The molecule has 6 heteroatoms. The molecule has 112 valence electrons. The van der Waals surface area contributed by atoms with Crippen LogP contribution in [0.2, 0.25) is 5.02 Å². The van der Waals surface area contributed by atoms with Crippen molar-refractivity contribution in [3.8, 4) is 5.75 Å². The van der Waals surface area contributed by atoms with Crippen LogP contribution in [-0.4, -0.2) is 31.6 Å². The SMILES string of the molecule is Cl.O=C(CCOc1ccc(Cl)cc1)NC1CCCNC1. The number of halogens is 2. The molecular weight excluding hydrogens is 299 g/mol. The summed E-state index contributed by atoms with van der Waals surface area (Å²) < 4.78 is 5.49. The molecule has 0 saturated carbocycles. The summed E-state index contributed by atoms with van der Waals surface area (Å²) in [6, 6.07) is 7.39. The van der Waals surface area contributed by atoms with Gasteiger partial charge in [-0.05, 0) is 43.7 Å². The number of carbonyl (C=O) groups excluding carboxylic acids is 1. The summed E-state index contributed by atoms with van der Waals surface area (Å²) in [5.41, 5.74) is 0. The van der Waals surface area contributed by atoms with Gasteiger partial charge in [0.2, 0.25) is 5.91 Å². The second-order valence-electron chi connectivity index (χ2n) is 4.66. The lowest BCUT2D eigenvalue weighted by atomic mass is 10.1. The van der Waals surface area contributed by atoms with Crippen molar-refractivity contribution in [2.75, 3.05) is 19.7 Å². The number of ether oxygens (including phenoxy) is 1. The van der Waals surface area contributed by atoms with Gasteiger partial charge in [0.15, 0.2) is 0 Å². The minimum absolute atomic E-state index is 0. The van der Waals surface area contributed by atoms with Gasteiger partial charge in [-0.25, -0.2) is 0 Å². The predicted octanol–water partition coefficient (Wildman–Crippen LogP) is 2.40. The van der Waals surface area contributed by atoms with Crippen molar-refractivity contribution >= 4 is 29.9 Å². The molecule has 0 aliphatic carbocycles. The van der Waals surface area contributed by atoms with Crippen molar-refractivity contribution in [2.24, 2.45) is 0 Å². The third-order valence-electron chi connectivity index (χ3n) is 3.07. The molecule has 20 heavy (non-hydrogen) atoms. The molecule has 1 aliphatic rings. The normalized spacial score (nSPS) is 17.9. The Balaban J connectivity index is 0.00000200. The van der Waals surface area contributed by atoms with Gasteiger partial charge in [-0.2, -0.15) is 0 Å². The minimum Gasteiger partial charge on any atom is -0.493 e. The molecule has 0 radical (unpaired) electrons. The zero-order valence-electron chi connectivity index (χ0n) is 11.2. The van der Waals surface area contributed by atoms with E-state index in [0.29, 0.717) is 18.1 Å². The molecule has 1 atom stereocenters.